The molecule has 0 aliphatic heterocycles. The average molecular weight is 319 g/mol. The van der Waals surface area contributed by atoms with Gasteiger partial charge in [-0.3, -0.25) is 4.79 Å². The van der Waals surface area contributed by atoms with Gasteiger partial charge >= 0.3 is 0 Å². The number of ether oxygens (including phenoxy) is 1. The van der Waals surface area contributed by atoms with E-state index in [1.807, 2.05) is 0 Å². The maximum absolute atomic E-state index is 13.6. The smallest absolute Gasteiger partial charge is 0.248 e. The first-order valence-electron chi connectivity index (χ1n) is 6.31. The number of hydrogen-bond donors (Lipinski definition) is 3. The van der Waals surface area contributed by atoms with Crippen molar-refractivity contribution in [2.45, 2.75) is 0 Å². The molecule has 7 heteroatoms. The van der Waals surface area contributed by atoms with E-state index in [1.165, 1.54) is 19.2 Å². The molecule has 0 aliphatic carbocycles. The molecule has 5 nitrogen and oxygen atoms in total. The molecule has 0 atom stereocenters. The lowest BCUT2D eigenvalue weighted by Crippen LogP contribution is -2.19. The molecular formula is C15H14FN3O2S. The Kier molecular flexibility index (Phi) is 4.90. The highest BCUT2D eigenvalue weighted by atomic mass is 32.1. The fourth-order valence-corrected chi connectivity index (χ4v) is 1.99. The first-order valence-corrected chi connectivity index (χ1v) is 6.72. The number of nitrogens with two attached hydrogens (primary N) is 1. The number of anilines is 2. The molecule has 0 bridgehead atoms. The lowest BCUT2D eigenvalue weighted by atomic mass is 10.2. The number of amides is 1. The molecule has 2 rings (SSSR count). The van der Waals surface area contributed by atoms with Crippen LogP contribution in [0.4, 0.5) is 15.8 Å². The van der Waals surface area contributed by atoms with Crippen LogP contribution in [0.15, 0.2) is 42.5 Å². The molecule has 0 aliphatic rings. The minimum atomic E-state index is -0.499. The molecule has 4 N–H and O–H groups in total. The van der Waals surface area contributed by atoms with E-state index in [2.05, 4.69) is 10.6 Å². The molecule has 0 saturated heterocycles. The van der Waals surface area contributed by atoms with Gasteiger partial charge in [0.2, 0.25) is 5.91 Å². The number of halogens is 1. The molecule has 0 aromatic heterocycles. The molecular weight excluding hydrogens is 305 g/mol. The molecule has 0 spiro atoms. The molecule has 114 valence electrons. The van der Waals surface area contributed by atoms with E-state index < -0.39 is 11.7 Å². The predicted octanol–water partition coefficient (Wildman–Crippen LogP) is 2.74. The normalized spacial score (nSPS) is 9.91. The number of methoxy groups -OCH3 is 1. The zero-order chi connectivity index (χ0) is 16.1. The van der Waals surface area contributed by atoms with Gasteiger partial charge in [-0.2, -0.15) is 0 Å². The van der Waals surface area contributed by atoms with Gasteiger partial charge < -0.3 is 21.1 Å². The summed E-state index contributed by atoms with van der Waals surface area (Å²) in [6.07, 6.45) is 0. The van der Waals surface area contributed by atoms with E-state index in [1.54, 1.807) is 30.3 Å². The van der Waals surface area contributed by atoms with Crippen LogP contribution in [0.5, 0.6) is 5.75 Å². The van der Waals surface area contributed by atoms with Gasteiger partial charge in [-0.1, -0.05) is 0 Å². The summed E-state index contributed by atoms with van der Waals surface area (Å²) in [7, 11) is 1.40. The van der Waals surface area contributed by atoms with E-state index in [4.69, 9.17) is 22.7 Å². The van der Waals surface area contributed by atoms with Gasteiger partial charge in [0, 0.05) is 23.0 Å². The molecule has 0 fully saturated rings. The number of nitrogens with one attached hydrogen (secondary N) is 2. The third-order valence-electron chi connectivity index (χ3n) is 2.84. The van der Waals surface area contributed by atoms with Gasteiger partial charge in [0.25, 0.3) is 0 Å². The summed E-state index contributed by atoms with van der Waals surface area (Å²) >= 11 is 5.14. The quantitative estimate of drug-likeness (QED) is 0.756. The Morgan fingerprint density at radius 2 is 1.73 bits per heavy atom. The van der Waals surface area contributed by atoms with Gasteiger partial charge in [0.15, 0.2) is 16.7 Å². The van der Waals surface area contributed by atoms with Crippen molar-refractivity contribution in [3.8, 4) is 5.75 Å². The number of thiocarbonyl (C=S) groups is 1. The molecule has 0 radical (unpaired) electrons. The largest absolute Gasteiger partial charge is 0.494 e. The van der Waals surface area contributed by atoms with Crippen LogP contribution in [-0.2, 0) is 0 Å². The van der Waals surface area contributed by atoms with Crippen molar-refractivity contribution in [1.82, 2.24) is 0 Å². The number of carbonyl (C=O) groups excluding carboxylic acids is 1. The summed E-state index contributed by atoms with van der Waals surface area (Å²) in [4.78, 5) is 11.0. The number of primary amides is 1. The Morgan fingerprint density at radius 3 is 2.27 bits per heavy atom. The van der Waals surface area contributed by atoms with Crippen LogP contribution in [0.3, 0.4) is 0 Å². The molecule has 0 unspecified atom stereocenters. The van der Waals surface area contributed by atoms with Crippen molar-refractivity contribution in [1.29, 1.82) is 0 Å². The van der Waals surface area contributed by atoms with Crippen LogP contribution in [0.25, 0.3) is 0 Å². The first kappa shape index (κ1) is 15.7. The second-order valence-electron chi connectivity index (χ2n) is 4.37. The molecule has 0 heterocycles. The van der Waals surface area contributed by atoms with Crippen LogP contribution >= 0.6 is 12.2 Å². The number of hydrogen-bond acceptors (Lipinski definition) is 3. The minimum absolute atomic E-state index is 0.159. The highest BCUT2D eigenvalue weighted by molar-refractivity contribution is 7.80. The van der Waals surface area contributed by atoms with E-state index in [0.717, 1.165) is 0 Å². The van der Waals surface area contributed by atoms with Crippen LogP contribution in [0.2, 0.25) is 0 Å². The molecule has 22 heavy (non-hydrogen) atoms. The SMILES string of the molecule is COc1ccc(NC(=S)Nc2ccc(C(N)=O)cc2)cc1F. The lowest BCUT2D eigenvalue weighted by molar-refractivity contribution is 0.100. The number of rotatable bonds is 4. The van der Waals surface area contributed by atoms with Crippen molar-refractivity contribution in [2.75, 3.05) is 17.7 Å². The Bertz CT molecular complexity index is 704. The van der Waals surface area contributed by atoms with E-state index >= 15 is 0 Å². The van der Waals surface area contributed by atoms with Crippen molar-refractivity contribution >= 4 is 34.6 Å². The zero-order valence-corrected chi connectivity index (χ0v) is 12.5. The van der Waals surface area contributed by atoms with Crippen molar-refractivity contribution in [2.24, 2.45) is 5.73 Å². The molecule has 1 amide bonds. The number of carbonyl (C=O) groups is 1. The number of benzene rings is 2. The topological polar surface area (TPSA) is 76.4 Å². The summed E-state index contributed by atoms with van der Waals surface area (Å²) < 4.78 is 18.4. The zero-order valence-electron chi connectivity index (χ0n) is 11.7. The minimum Gasteiger partial charge on any atom is -0.494 e. The van der Waals surface area contributed by atoms with Crippen LogP contribution in [0.1, 0.15) is 10.4 Å². The Balaban J connectivity index is 2.00. The molecule has 2 aromatic rings. The van der Waals surface area contributed by atoms with Crippen LogP contribution in [-0.4, -0.2) is 18.1 Å². The second-order valence-corrected chi connectivity index (χ2v) is 4.78. The summed E-state index contributed by atoms with van der Waals surface area (Å²) in [5, 5.41) is 6.06. The Morgan fingerprint density at radius 1 is 1.14 bits per heavy atom. The fraction of sp³-hybridized carbons (Fsp3) is 0.0667. The van der Waals surface area contributed by atoms with Crippen molar-refractivity contribution < 1.29 is 13.9 Å². The third kappa shape index (κ3) is 3.92. The van der Waals surface area contributed by atoms with Gasteiger partial charge in [0.1, 0.15) is 0 Å². The standard InChI is InChI=1S/C15H14FN3O2S/c1-21-13-7-6-11(8-12(13)16)19-15(22)18-10-4-2-9(3-5-10)14(17)20/h2-8H,1H3,(H2,17,20)(H2,18,19,22). The summed E-state index contributed by atoms with van der Waals surface area (Å²) in [6, 6.07) is 10.9. The molecule has 2 aromatic carbocycles. The third-order valence-corrected chi connectivity index (χ3v) is 3.04. The molecule has 0 saturated carbocycles. The fourth-order valence-electron chi connectivity index (χ4n) is 1.76. The van der Waals surface area contributed by atoms with Crippen LogP contribution < -0.4 is 21.1 Å². The first-order chi connectivity index (χ1) is 10.5. The van der Waals surface area contributed by atoms with E-state index in [0.29, 0.717) is 16.9 Å². The maximum Gasteiger partial charge on any atom is 0.248 e. The van der Waals surface area contributed by atoms with Gasteiger partial charge in [0.05, 0.1) is 7.11 Å². The van der Waals surface area contributed by atoms with Gasteiger partial charge in [-0.25, -0.2) is 4.39 Å². The summed E-state index contributed by atoms with van der Waals surface area (Å²) in [5.74, 6) is -0.825. The Hall–Kier alpha value is -2.67. The van der Waals surface area contributed by atoms with Crippen molar-refractivity contribution in [3.05, 3.63) is 53.8 Å². The highest BCUT2D eigenvalue weighted by Crippen LogP contribution is 2.20. The monoisotopic (exact) mass is 319 g/mol. The second kappa shape index (κ2) is 6.86. The Labute approximate surface area is 132 Å². The van der Waals surface area contributed by atoms with E-state index in [9.17, 15) is 9.18 Å². The van der Waals surface area contributed by atoms with Gasteiger partial charge in [-0.15, -0.1) is 0 Å². The van der Waals surface area contributed by atoms with Crippen molar-refractivity contribution in [3.63, 3.8) is 0 Å². The summed E-state index contributed by atoms with van der Waals surface area (Å²) in [5.41, 5.74) is 6.73. The summed E-state index contributed by atoms with van der Waals surface area (Å²) in [6.45, 7) is 0. The predicted molar refractivity (Wildman–Crippen MR) is 87.8 cm³/mol. The highest BCUT2D eigenvalue weighted by Gasteiger charge is 2.05. The van der Waals surface area contributed by atoms with E-state index in [-0.39, 0.29) is 10.9 Å². The van der Waals surface area contributed by atoms with Gasteiger partial charge in [-0.05, 0) is 48.6 Å². The van der Waals surface area contributed by atoms with Crippen LogP contribution in [0, 0.1) is 5.82 Å². The average Bonchev–Trinajstić information content (AvgIpc) is 2.48. The maximum atomic E-state index is 13.6. The lowest BCUT2D eigenvalue weighted by Gasteiger charge is -2.11.